The molecule has 1 aromatic heterocycles. The molecule has 0 bridgehead atoms. The number of hydrogen-bond acceptors (Lipinski definition) is 6. The Bertz CT molecular complexity index is 1570. The Morgan fingerprint density at radius 1 is 0.895 bits per heavy atom. The van der Waals surface area contributed by atoms with E-state index in [0.717, 1.165) is 5.56 Å². The van der Waals surface area contributed by atoms with E-state index in [2.05, 4.69) is 5.10 Å². The first-order valence-corrected chi connectivity index (χ1v) is 14.7. The van der Waals surface area contributed by atoms with Gasteiger partial charge in [0, 0.05) is 36.1 Å². The van der Waals surface area contributed by atoms with Crippen LogP contribution in [-0.4, -0.2) is 48.7 Å². The fourth-order valence-corrected chi connectivity index (χ4v) is 6.83. The Hall–Kier alpha value is -3.18. The number of piperazine rings is 1. The number of hydrogen-bond donors (Lipinski definition) is 0. The van der Waals surface area contributed by atoms with Crippen molar-refractivity contribution in [3.05, 3.63) is 112 Å². The van der Waals surface area contributed by atoms with Crippen LogP contribution in [0.15, 0.2) is 99.6 Å². The fraction of sp³-hybridized carbons (Fsp3) is 0.185. The highest BCUT2D eigenvalue weighted by Crippen LogP contribution is 2.33. The zero-order valence-electron chi connectivity index (χ0n) is 20.2. The van der Waals surface area contributed by atoms with Crippen molar-refractivity contribution in [2.45, 2.75) is 15.5 Å². The van der Waals surface area contributed by atoms with Crippen molar-refractivity contribution in [3.8, 4) is 5.69 Å². The number of aromatic nitrogens is 2. The number of anilines is 1. The molecule has 1 aliphatic rings. The highest BCUT2D eigenvalue weighted by atomic mass is 35.5. The SMILES string of the molecule is O=c1c(Sc2ccc(F)cc2)c(N2CCN(S(=O)(=O)Cc3ccccc3)CC2)cnn1-c1ccc(Cl)cc1. The van der Waals surface area contributed by atoms with Gasteiger partial charge in [-0.15, -0.1) is 0 Å². The quantitative estimate of drug-likeness (QED) is 0.317. The Balaban J connectivity index is 1.42. The molecule has 196 valence electrons. The molecule has 7 nitrogen and oxygen atoms in total. The van der Waals surface area contributed by atoms with Crippen LogP contribution in [0.2, 0.25) is 5.02 Å². The zero-order chi connectivity index (χ0) is 26.7. The lowest BCUT2D eigenvalue weighted by molar-refractivity contribution is 0.383. The average Bonchev–Trinajstić information content (AvgIpc) is 2.92. The Morgan fingerprint density at radius 2 is 1.55 bits per heavy atom. The summed E-state index contributed by atoms with van der Waals surface area (Å²) in [7, 11) is -3.49. The van der Waals surface area contributed by atoms with Crippen LogP contribution in [0.1, 0.15) is 5.56 Å². The van der Waals surface area contributed by atoms with Gasteiger partial charge in [0.15, 0.2) is 0 Å². The van der Waals surface area contributed by atoms with Crippen molar-refractivity contribution >= 4 is 39.1 Å². The molecule has 0 spiro atoms. The van der Waals surface area contributed by atoms with Crippen LogP contribution in [0, 0.1) is 5.82 Å². The second kappa shape index (κ2) is 11.3. The van der Waals surface area contributed by atoms with Crippen LogP contribution in [-0.2, 0) is 15.8 Å². The second-order valence-corrected chi connectivity index (χ2v) is 12.2. The maximum atomic E-state index is 13.7. The van der Waals surface area contributed by atoms with Gasteiger partial charge in [-0.3, -0.25) is 4.79 Å². The largest absolute Gasteiger partial charge is 0.367 e. The molecule has 3 aromatic carbocycles. The summed E-state index contributed by atoms with van der Waals surface area (Å²) in [5, 5.41) is 4.95. The van der Waals surface area contributed by atoms with Crippen molar-refractivity contribution in [2.75, 3.05) is 31.1 Å². The summed E-state index contributed by atoms with van der Waals surface area (Å²) in [6.07, 6.45) is 1.62. The lowest BCUT2D eigenvalue weighted by atomic mass is 10.2. The monoisotopic (exact) mass is 570 g/mol. The molecule has 11 heteroatoms. The minimum atomic E-state index is -3.49. The van der Waals surface area contributed by atoms with Crippen LogP contribution < -0.4 is 10.5 Å². The van der Waals surface area contributed by atoms with Gasteiger partial charge in [0.05, 0.1) is 23.3 Å². The van der Waals surface area contributed by atoms with Gasteiger partial charge >= 0.3 is 0 Å². The third kappa shape index (κ3) is 5.94. The van der Waals surface area contributed by atoms with E-state index in [0.29, 0.717) is 39.3 Å². The van der Waals surface area contributed by atoms with Crippen LogP contribution in [0.3, 0.4) is 0 Å². The van der Waals surface area contributed by atoms with Crippen LogP contribution in [0.5, 0.6) is 0 Å². The second-order valence-electron chi connectivity index (χ2n) is 8.74. The minimum absolute atomic E-state index is 0.0573. The van der Waals surface area contributed by atoms with Crippen LogP contribution >= 0.6 is 23.4 Å². The van der Waals surface area contributed by atoms with Gasteiger partial charge in [0.2, 0.25) is 10.0 Å². The van der Waals surface area contributed by atoms with E-state index < -0.39 is 10.0 Å². The topological polar surface area (TPSA) is 75.5 Å². The van der Waals surface area contributed by atoms with E-state index >= 15 is 0 Å². The van der Waals surface area contributed by atoms with Gasteiger partial charge in [-0.25, -0.2) is 12.8 Å². The molecule has 0 atom stereocenters. The summed E-state index contributed by atoms with van der Waals surface area (Å²) in [5.74, 6) is -0.422. The molecule has 0 radical (unpaired) electrons. The van der Waals surface area contributed by atoms with Crippen LogP contribution in [0.4, 0.5) is 10.1 Å². The zero-order valence-corrected chi connectivity index (χ0v) is 22.6. The molecular formula is C27H24ClFN4O3S2. The van der Waals surface area contributed by atoms with Crippen molar-refractivity contribution in [1.29, 1.82) is 0 Å². The number of halogens is 2. The number of rotatable bonds is 7. The van der Waals surface area contributed by atoms with Gasteiger partial charge in [0.1, 0.15) is 10.7 Å². The number of benzene rings is 3. The van der Waals surface area contributed by atoms with Gasteiger partial charge in [-0.1, -0.05) is 53.7 Å². The predicted molar refractivity (Wildman–Crippen MR) is 148 cm³/mol. The molecule has 0 aliphatic carbocycles. The molecule has 5 rings (SSSR count). The van der Waals surface area contributed by atoms with Crippen molar-refractivity contribution in [1.82, 2.24) is 14.1 Å². The van der Waals surface area contributed by atoms with E-state index in [1.165, 1.54) is 32.9 Å². The smallest absolute Gasteiger partial charge is 0.287 e. The predicted octanol–water partition coefficient (Wildman–Crippen LogP) is 4.83. The molecule has 0 saturated carbocycles. The molecule has 1 saturated heterocycles. The summed E-state index contributed by atoms with van der Waals surface area (Å²) in [5.41, 5.74) is 1.57. The lowest BCUT2D eigenvalue weighted by Crippen LogP contribution is -2.49. The first-order valence-electron chi connectivity index (χ1n) is 11.9. The average molecular weight is 571 g/mol. The van der Waals surface area contributed by atoms with Gasteiger partial charge in [-0.2, -0.15) is 14.1 Å². The van der Waals surface area contributed by atoms with E-state index in [9.17, 15) is 17.6 Å². The minimum Gasteiger partial charge on any atom is -0.367 e. The molecule has 1 aliphatic heterocycles. The molecule has 1 fully saturated rings. The Morgan fingerprint density at radius 3 is 2.21 bits per heavy atom. The van der Waals surface area contributed by atoms with Gasteiger partial charge < -0.3 is 4.90 Å². The molecule has 38 heavy (non-hydrogen) atoms. The normalized spacial score (nSPS) is 14.5. The summed E-state index contributed by atoms with van der Waals surface area (Å²) >= 11 is 7.23. The van der Waals surface area contributed by atoms with Crippen molar-refractivity contribution in [3.63, 3.8) is 0 Å². The maximum absolute atomic E-state index is 13.7. The lowest BCUT2D eigenvalue weighted by Gasteiger charge is -2.36. The molecule has 0 unspecified atom stereocenters. The summed E-state index contributed by atoms with van der Waals surface area (Å²) < 4.78 is 42.3. The van der Waals surface area contributed by atoms with Crippen LogP contribution in [0.25, 0.3) is 5.69 Å². The van der Waals surface area contributed by atoms with Crippen molar-refractivity contribution < 1.29 is 12.8 Å². The number of nitrogens with zero attached hydrogens (tertiary/aromatic N) is 4. The molecule has 2 heterocycles. The summed E-state index contributed by atoms with van der Waals surface area (Å²) in [6, 6.07) is 21.8. The van der Waals surface area contributed by atoms with Gasteiger partial charge in [-0.05, 0) is 54.1 Å². The molecule has 0 amide bonds. The van der Waals surface area contributed by atoms with Crippen molar-refractivity contribution in [2.24, 2.45) is 0 Å². The number of sulfonamides is 1. The Kier molecular flexibility index (Phi) is 7.85. The molecule has 4 aromatic rings. The highest BCUT2D eigenvalue weighted by molar-refractivity contribution is 7.99. The summed E-state index contributed by atoms with van der Waals surface area (Å²) in [4.78, 5) is 16.7. The van der Waals surface area contributed by atoms with E-state index in [1.54, 1.807) is 54.7 Å². The Labute approximate surface area is 229 Å². The fourth-order valence-electron chi connectivity index (χ4n) is 4.22. The highest BCUT2D eigenvalue weighted by Gasteiger charge is 2.29. The molecule has 0 N–H and O–H groups in total. The first-order chi connectivity index (χ1) is 18.3. The van der Waals surface area contributed by atoms with E-state index in [4.69, 9.17) is 11.6 Å². The third-order valence-corrected chi connectivity index (χ3v) is 9.38. The van der Waals surface area contributed by atoms with E-state index in [1.807, 2.05) is 23.1 Å². The standard InChI is InChI=1S/C27H24ClFN4O3S2/c28-21-6-10-23(11-7-21)33-27(34)26(37-24-12-8-22(29)9-13-24)25(18-30-33)31-14-16-32(17-15-31)38(35,36)19-20-4-2-1-3-5-20/h1-13,18H,14-17,19H2. The molecular weight excluding hydrogens is 547 g/mol. The summed E-state index contributed by atoms with van der Waals surface area (Å²) in [6.45, 7) is 1.38. The first kappa shape index (κ1) is 26.4. The van der Waals surface area contributed by atoms with E-state index in [-0.39, 0.29) is 30.2 Å². The third-order valence-electron chi connectivity index (χ3n) is 6.18. The van der Waals surface area contributed by atoms with Gasteiger partial charge in [0.25, 0.3) is 5.56 Å². The maximum Gasteiger partial charge on any atom is 0.287 e.